The third kappa shape index (κ3) is 7.50. The average molecular weight is 604 g/mol. The average Bonchev–Trinajstić information content (AvgIpc) is 3.40. The van der Waals surface area contributed by atoms with E-state index in [0.717, 1.165) is 24.2 Å². The highest BCUT2D eigenvalue weighted by Gasteiger charge is 2.39. The number of fused-ring (bicyclic) bond motifs is 2. The fourth-order valence-corrected chi connectivity index (χ4v) is 5.86. The summed E-state index contributed by atoms with van der Waals surface area (Å²) in [4.78, 5) is 68.1. The molecule has 2 unspecified atom stereocenters. The van der Waals surface area contributed by atoms with Crippen LogP contribution in [0.2, 0.25) is 0 Å². The fraction of sp³-hybridized carbons (Fsp3) is 0.514. The van der Waals surface area contributed by atoms with E-state index in [1.54, 1.807) is 13.8 Å². The van der Waals surface area contributed by atoms with Gasteiger partial charge in [-0.1, -0.05) is 76.8 Å². The Hall–Kier alpha value is -3.69. The van der Waals surface area contributed by atoms with Crippen LogP contribution in [-0.4, -0.2) is 71.1 Å². The van der Waals surface area contributed by atoms with E-state index in [1.165, 1.54) is 86.2 Å². The van der Waals surface area contributed by atoms with Crippen LogP contribution in [0.1, 0.15) is 142 Å². The molecule has 2 heterocycles. The second-order valence-electron chi connectivity index (χ2n) is 12.1. The van der Waals surface area contributed by atoms with E-state index in [4.69, 9.17) is 10.5 Å². The molecule has 236 valence electrons. The number of nitrogens with zero attached hydrogens (tertiary/aromatic N) is 2. The normalized spacial score (nSPS) is 15.6. The zero-order chi connectivity index (χ0) is 31.8. The number of carbonyl (C=O) groups is 5. The van der Waals surface area contributed by atoms with Gasteiger partial charge in [0.15, 0.2) is 5.78 Å². The topological polar surface area (TPSA) is 127 Å². The maximum Gasteiger partial charge on any atom is 0.261 e. The van der Waals surface area contributed by atoms with Gasteiger partial charge < -0.3 is 10.5 Å². The lowest BCUT2D eigenvalue weighted by atomic mass is 9.96. The van der Waals surface area contributed by atoms with Crippen molar-refractivity contribution in [3.05, 3.63) is 69.8 Å². The highest BCUT2D eigenvalue weighted by molar-refractivity contribution is 6.24. The van der Waals surface area contributed by atoms with Crippen molar-refractivity contribution in [1.82, 2.24) is 9.80 Å². The second-order valence-corrected chi connectivity index (χ2v) is 12.1. The minimum absolute atomic E-state index is 0.148. The number of hydrogen-bond donors (Lipinski definition) is 1. The molecule has 2 N–H and O–H groups in total. The molecule has 0 aromatic heterocycles. The maximum atomic E-state index is 13.4. The smallest absolute Gasteiger partial charge is 0.261 e. The van der Waals surface area contributed by atoms with Crippen molar-refractivity contribution in [2.45, 2.75) is 97.1 Å². The van der Waals surface area contributed by atoms with Crippen LogP contribution in [0.4, 0.5) is 0 Å². The number of benzene rings is 2. The van der Waals surface area contributed by atoms with Gasteiger partial charge in [-0.2, -0.15) is 0 Å². The van der Waals surface area contributed by atoms with Crippen molar-refractivity contribution in [3.63, 3.8) is 0 Å². The summed E-state index contributed by atoms with van der Waals surface area (Å²) in [6, 6.07) is 8.24. The third-order valence-corrected chi connectivity index (χ3v) is 8.33. The SMILES string of the molecule is CCCCCCCCCCCCN1C(=O)c2ccc(C(=O)c3ccc4c(c3)C(=O)N(C(C)COCC(C)N)C4=O)cc2C1=O. The lowest BCUT2D eigenvalue weighted by Gasteiger charge is -2.22. The number of rotatable bonds is 18. The summed E-state index contributed by atoms with van der Waals surface area (Å²) in [5, 5.41) is 0. The van der Waals surface area contributed by atoms with Gasteiger partial charge in [0.25, 0.3) is 23.6 Å². The third-order valence-electron chi connectivity index (χ3n) is 8.33. The Balaban J connectivity index is 1.35. The molecule has 2 aliphatic rings. The first-order valence-electron chi connectivity index (χ1n) is 16.1. The van der Waals surface area contributed by atoms with E-state index in [-0.39, 0.29) is 52.3 Å². The Morgan fingerprint density at radius 3 is 1.73 bits per heavy atom. The summed E-state index contributed by atoms with van der Waals surface area (Å²) in [6.45, 7) is 6.55. The molecule has 0 saturated carbocycles. The van der Waals surface area contributed by atoms with Gasteiger partial charge in [-0.3, -0.25) is 33.8 Å². The molecule has 0 fully saturated rings. The first-order valence-corrected chi connectivity index (χ1v) is 16.1. The van der Waals surface area contributed by atoms with Crippen LogP contribution in [0.15, 0.2) is 36.4 Å². The summed E-state index contributed by atoms with van der Waals surface area (Å²) in [6.07, 6.45) is 11.6. The van der Waals surface area contributed by atoms with Crippen LogP contribution in [0.5, 0.6) is 0 Å². The summed E-state index contributed by atoms with van der Waals surface area (Å²) >= 11 is 0. The Morgan fingerprint density at radius 2 is 1.16 bits per heavy atom. The molecular formula is C35H45N3O6. The molecule has 0 radical (unpaired) electrons. The Bertz CT molecular complexity index is 1400. The predicted octanol–water partition coefficient (Wildman–Crippen LogP) is 5.78. The molecule has 0 saturated heterocycles. The number of nitrogens with two attached hydrogens (primary N) is 1. The fourth-order valence-electron chi connectivity index (χ4n) is 5.86. The summed E-state index contributed by atoms with van der Waals surface area (Å²) in [5.41, 5.74) is 7.04. The van der Waals surface area contributed by atoms with Gasteiger partial charge in [0.2, 0.25) is 0 Å². The molecule has 0 aliphatic carbocycles. The molecule has 4 amide bonds. The predicted molar refractivity (Wildman–Crippen MR) is 168 cm³/mol. The zero-order valence-electron chi connectivity index (χ0n) is 26.2. The molecule has 9 heteroatoms. The van der Waals surface area contributed by atoms with Gasteiger partial charge >= 0.3 is 0 Å². The Morgan fingerprint density at radius 1 is 0.682 bits per heavy atom. The second kappa shape index (κ2) is 15.3. The minimum Gasteiger partial charge on any atom is -0.378 e. The van der Waals surface area contributed by atoms with E-state index in [1.807, 2.05) is 0 Å². The molecule has 2 aromatic carbocycles. The summed E-state index contributed by atoms with van der Waals surface area (Å²) in [5.74, 6) is -2.06. The van der Waals surface area contributed by atoms with E-state index in [9.17, 15) is 24.0 Å². The summed E-state index contributed by atoms with van der Waals surface area (Å²) in [7, 11) is 0. The van der Waals surface area contributed by atoms with Crippen LogP contribution in [0.25, 0.3) is 0 Å². The van der Waals surface area contributed by atoms with Gasteiger partial charge in [-0.05, 0) is 44.5 Å². The standard InChI is InChI=1S/C35H45N3O6/c1-4-5-6-7-8-9-10-11-12-13-18-37-32(40)27-16-14-25(19-29(27)33(37)41)31(39)26-15-17-28-30(20-26)35(43)38(34(28)42)24(3)22-44-21-23(2)36/h14-17,19-20,23-24H,4-13,18,21-22,36H2,1-3H3. The van der Waals surface area contributed by atoms with Gasteiger partial charge in [-0.25, -0.2) is 0 Å². The van der Waals surface area contributed by atoms with Crippen molar-refractivity contribution >= 4 is 29.4 Å². The van der Waals surface area contributed by atoms with Crippen molar-refractivity contribution < 1.29 is 28.7 Å². The monoisotopic (exact) mass is 603 g/mol. The van der Waals surface area contributed by atoms with Gasteiger partial charge in [-0.15, -0.1) is 0 Å². The molecule has 2 aromatic rings. The number of imide groups is 2. The Kier molecular flexibility index (Phi) is 11.6. The van der Waals surface area contributed by atoms with Crippen LogP contribution in [0.3, 0.4) is 0 Å². The number of amides is 4. The van der Waals surface area contributed by atoms with Crippen LogP contribution in [0, 0.1) is 0 Å². The lowest BCUT2D eigenvalue weighted by molar-refractivity contribution is 0.0413. The largest absolute Gasteiger partial charge is 0.378 e. The van der Waals surface area contributed by atoms with Crippen molar-refractivity contribution in [1.29, 1.82) is 0 Å². The minimum atomic E-state index is -0.510. The quantitative estimate of drug-likeness (QED) is 0.130. The molecule has 9 nitrogen and oxygen atoms in total. The van der Waals surface area contributed by atoms with Crippen molar-refractivity contribution in [2.24, 2.45) is 5.73 Å². The molecule has 4 rings (SSSR count). The molecular weight excluding hydrogens is 558 g/mol. The van der Waals surface area contributed by atoms with E-state index in [0.29, 0.717) is 18.7 Å². The van der Waals surface area contributed by atoms with Crippen LogP contribution < -0.4 is 5.73 Å². The van der Waals surface area contributed by atoms with Crippen LogP contribution >= 0.6 is 0 Å². The molecule has 2 aliphatic heterocycles. The molecule has 0 spiro atoms. The van der Waals surface area contributed by atoms with Crippen LogP contribution in [-0.2, 0) is 4.74 Å². The van der Waals surface area contributed by atoms with Crippen molar-refractivity contribution in [2.75, 3.05) is 19.8 Å². The lowest BCUT2D eigenvalue weighted by Crippen LogP contribution is -2.41. The first-order chi connectivity index (χ1) is 21.1. The van der Waals surface area contributed by atoms with Gasteiger partial charge in [0.05, 0.1) is 41.5 Å². The summed E-state index contributed by atoms with van der Waals surface area (Å²) < 4.78 is 5.52. The highest BCUT2D eigenvalue weighted by atomic mass is 16.5. The number of carbonyl (C=O) groups excluding carboxylic acids is 5. The first kappa shape index (κ1) is 33.2. The molecule has 0 bridgehead atoms. The number of unbranched alkanes of at least 4 members (excludes halogenated alkanes) is 9. The number of ketones is 1. The number of ether oxygens (including phenoxy) is 1. The molecule has 2 atom stereocenters. The Labute approximate surface area is 260 Å². The van der Waals surface area contributed by atoms with E-state index < -0.39 is 23.6 Å². The van der Waals surface area contributed by atoms with E-state index >= 15 is 0 Å². The van der Waals surface area contributed by atoms with Crippen molar-refractivity contribution in [3.8, 4) is 0 Å². The maximum absolute atomic E-state index is 13.4. The highest BCUT2D eigenvalue weighted by Crippen LogP contribution is 2.29. The van der Waals surface area contributed by atoms with Gasteiger partial charge in [0, 0.05) is 23.7 Å². The van der Waals surface area contributed by atoms with Gasteiger partial charge in [0.1, 0.15) is 0 Å². The number of hydrogen-bond acceptors (Lipinski definition) is 7. The zero-order valence-corrected chi connectivity index (χ0v) is 26.2. The molecule has 44 heavy (non-hydrogen) atoms. The van der Waals surface area contributed by atoms with E-state index in [2.05, 4.69) is 6.92 Å².